The van der Waals surface area contributed by atoms with E-state index in [4.69, 9.17) is 9.47 Å². The number of benzene rings is 1. The van der Waals surface area contributed by atoms with Crippen molar-refractivity contribution < 1.29 is 14.3 Å². The summed E-state index contributed by atoms with van der Waals surface area (Å²) < 4.78 is 12.3. The van der Waals surface area contributed by atoms with E-state index >= 15 is 0 Å². The van der Waals surface area contributed by atoms with Crippen molar-refractivity contribution in [1.82, 2.24) is 9.38 Å². The lowest BCUT2D eigenvalue weighted by molar-refractivity contribution is 0.102. The van der Waals surface area contributed by atoms with Crippen LogP contribution >= 0.6 is 0 Å². The summed E-state index contributed by atoms with van der Waals surface area (Å²) in [6, 6.07) is 10.9. The van der Waals surface area contributed by atoms with E-state index in [0.29, 0.717) is 29.3 Å². The minimum atomic E-state index is -0.228. The van der Waals surface area contributed by atoms with Gasteiger partial charge in [0.1, 0.15) is 22.8 Å². The highest BCUT2D eigenvalue weighted by molar-refractivity contribution is 6.05. The van der Waals surface area contributed by atoms with Crippen LogP contribution in [0.15, 0.2) is 42.6 Å². The summed E-state index contributed by atoms with van der Waals surface area (Å²) in [6.07, 6.45) is 2.51. The summed E-state index contributed by atoms with van der Waals surface area (Å²) in [4.78, 5) is 17.3. The van der Waals surface area contributed by atoms with Gasteiger partial charge >= 0.3 is 0 Å². The van der Waals surface area contributed by atoms with Gasteiger partial charge in [-0.25, -0.2) is 4.98 Å². The molecule has 1 amide bonds. The van der Waals surface area contributed by atoms with Gasteiger partial charge in [-0.2, -0.15) is 0 Å². The third-order valence-corrected chi connectivity index (χ3v) is 3.81. The van der Waals surface area contributed by atoms with Crippen molar-refractivity contribution in [2.24, 2.45) is 0 Å². The number of nitrogens with zero attached hydrogens (tertiary/aromatic N) is 2. The lowest BCUT2D eigenvalue weighted by Gasteiger charge is -2.12. The molecule has 0 aliphatic carbocycles. The average molecular weight is 325 g/mol. The molecule has 6 heteroatoms. The summed E-state index contributed by atoms with van der Waals surface area (Å²) in [5, 5.41) is 2.90. The van der Waals surface area contributed by atoms with Crippen molar-refractivity contribution in [2.45, 2.75) is 13.3 Å². The van der Waals surface area contributed by atoms with Gasteiger partial charge in [-0.3, -0.25) is 9.20 Å². The fourth-order valence-corrected chi connectivity index (χ4v) is 2.61. The Morgan fingerprint density at radius 3 is 2.75 bits per heavy atom. The molecule has 24 heavy (non-hydrogen) atoms. The monoisotopic (exact) mass is 325 g/mol. The molecular formula is C18H19N3O3. The number of hydrogen-bond acceptors (Lipinski definition) is 4. The number of fused-ring (bicyclic) bond motifs is 1. The molecule has 2 heterocycles. The number of rotatable bonds is 5. The van der Waals surface area contributed by atoms with Gasteiger partial charge in [0.25, 0.3) is 5.91 Å². The predicted molar refractivity (Wildman–Crippen MR) is 92.1 cm³/mol. The van der Waals surface area contributed by atoms with E-state index in [1.807, 2.05) is 31.3 Å². The SMILES string of the molecule is CCc1nc2ccccn2c1C(=O)Nc1ccc(OC)cc1OC. The van der Waals surface area contributed by atoms with Gasteiger partial charge in [0, 0.05) is 12.3 Å². The van der Waals surface area contributed by atoms with Crippen LogP contribution in [0.2, 0.25) is 0 Å². The smallest absolute Gasteiger partial charge is 0.274 e. The molecule has 0 spiro atoms. The second kappa shape index (κ2) is 6.62. The first-order valence-electron chi connectivity index (χ1n) is 7.67. The Bertz CT molecular complexity index is 886. The van der Waals surface area contributed by atoms with Gasteiger partial charge in [-0.05, 0) is 30.7 Å². The number of carbonyl (C=O) groups excluding carboxylic acids is 1. The van der Waals surface area contributed by atoms with Crippen LogP contribution in [0.5, 0.6) is 11.5 Å². The molecule has 0 unspecified atom stereocenters. The zero-order valence-electron chi connectivity index (χ0n) is 13.9. The van der Waals surface area contributed by atoms with Crippen LogP contribution in [-0.2, 0) is 6.42 Å². The Balaban J connectivity index is 1.99. The molecule has 2 aromatic heterocycles. The molecule has 0 aliphatic heterocycles. The third-order valence-electron chi connectivity index (χ3n) is 3.81. The van der Waals surface area contributed by atoms with Crippen molar-refractivity contribution in [3.63, 3.8) is 0 Å². The van der Waals surface area contributed by atoms with E-state index < -0.39 is 0 Å². The molecule has 3 aromatic rings. The molecule has 6 nitrogen and oxygen atoms in total. The Morgan fingerprint density at radius 2 is 2.04 bits per heavy atom. The number of carbonyl (C=O) groups is 1. The highest BCUT2D eigenvalue weighted by Gasteiger charge is 2.19. The van der Waals surface area contributed by atoms with Crippen LogP contribution < -0.4 is 14.8 Å². The first-order chi connectivity index (χ1) is 11.7. The molecule has 0 saturated heterocycles. The number of aromatic nitrogens is 2. The number of methoxy groups -OCH3 is 2. The highest BCUT2D eigenvalue weighted by atomic mass is 16.5. The van der Waals surface area contributed by atoms with Crippen molar-refractivity contribution in [2.75, 3.05) is 19.5 Å². The molecule has 0 saturated carbocycles. The highest BCUT2D eigenvalue weighted by Crippen LogP contribution is 2.29. The maximum atomic E-state index is 12.8. The predicted octanol–water partition coefficient (Wildman–Crippen LogP) is 3.17. The Hall–Kier alpha value is -3.02. The Morgan fingerprint density at radius 1 is 1.21 bits per heavy atom. The minimum absolute atomic E-state index is 0.228. The van der Waals surface area contributed by atoms with Crippen LogP contribution in [0, 0.1) is 0 Å². The van der Waals surface area contributed by atoms with Crippen molar-refractivity contribution in [1.29, 1.82) is 0 Å². The van der Waals surface area contributed by atoms with Crippen LogP contribution in [0.3, 0.4) is 0 Å². The molecule has 1 N–H and O–H groups in total. The normalized spacial score (nSPS) is 10.6. The third kappa shape index (κ3) is 2.78. The second-order valence-electron chi connectivity index (χ2n) is 5.21. The Labute approximate surface area is 140 Å². The molecule has 124 valence electrons. The number of anilines is 1. The average Bonchev–Trinajstić information content (AvgIpc) is 3.00. The van der Waals surface area contributed by atoms with E-state index in [-0.39, 0.29) is 5.91 Å². The lowest BCUT2D eigenvalue weighted by atomic mass is 10.2. The van der Waals surface area contributed by atoms with Crippen LogP contribution in [-0.4, -0.2) is 29.5 Å². The van der Waals surface area contributed by atoms with Crippen molar-refractivity contribution in [3.05, 3.63) is 54.0 Å². The second-order valence-corrected chi connectivity index (χ2v) is 5.21. The van der Waals surface area contributed by atoms with Crippen molar-refractivity contribution >= 4 is 17.2 Å². The largest absolute Gasteiger partial charge is 0.497 e. The maximum absolute atomic E-state index is 12.8. The van der Waals surface area contributed by atoms with Gasteiger partial charge in [0.05, 0.1) is 25.6 Å². The number of ether oxygens (including phenoxy) is 2. The van der Waals surface area contributed by atoms with E-state index in [1.54, 1.807) is 36.8 Å². The number of nitrogens with one attached hydrogen (secondary N) is 1. The minimum Gasteiger partial charge on any atom is -0.497 e. The molecule has 0 bridgehead atoms. The zero-order chi connectivity index (χ0) is 17.1. The van der Waals surface area contributed by atoms with Gasteiger partial charge < -0.3 is 14.8 Å². The first-order valence-corrected chi connectivity index (χ1v) is 7.67. The van der Waals surface area contributed by atoms with Crippen LogP contribution in [0.25, 0.3) is 5.65 Å². The van der Waals surface area contributed by atoms with Gasteiger partial charge in [0.2, 0.25) is 0 Å². The van der Waals surface area contributed by atoms with Crippen molar-refractivity contribution in [3.8, 4) is 11.5 Å². The summed E-state index contributed by atoms with van der Waals surface area (Å²) in [6.45, 7) is 1.98. The van der Waals surface area contributed by atoms with E-state index in [1.165, 1.54) is 0 Å². The molecule has 0 fully saturated rings. The molecule has 0 radical (unpaired) electrons. The van der Waals surface area contributed by atoms with Crippen LogP contribution in [0.1, 0.15) is 23.1 Å². The molecule has 0 aliphatic rings. The van der Waals surface area contributed by atoms with E-state index in [2.05, 4.69) is 10.3 Å². The van der Waals surface area contributed by atoms with Crippen LogP contribution in [0.4, 0.5) is 5.69 Å². The summed E-state index contributed by atoms with van der Waals surface area (Å²) in [7, 11) is 3.13. The summed E-state index contributed by atoms with van der Waals surface area (Å²) >= 11 is 0. The quantitative estimate of drug-likeness (QED) is 0.782. The fraction of sp³-hybridized carbons (Fsp3) is 0.222. The number of amides is 1. The number of pyridine rings is 1. The molecule has 1 aromatic carbocycles. The topological polar surface area (TPSA) is 64.9 Å². The lowest BCUT2D eigenvalue weighted by Crippen LogP contribution is -2.16. The van der Waals surface area contributed by atoms with Gasteiger partial charge in [-0.1, -0.05) is 13.0 Å². The number of imidazole rings is 1. The number of hydrogen-bond donors (Lipinski definition) is 1. The first kappa shape index (κ1) is 15.9. The maximum Gasteiger partial charge on any atom is 0.274 e. The Kier molecular flexibility index (Phi) is 4.37. The zero-order valence-corrected chi connectivity index (χ0v) is 13.9. The molecule has 3 rings (SSSR count). The summed E-state index contributed by atoms with van der Waals surface area (Å²) in [5.74, 6) is 0.970. The van der Waals surface area contributed by atoms with E-state index in [9.17, 15) is 4.79 Å². The van der Waals surface area contributed by atoms with Gasteiger partial charge in [-0.15, -0.1) is 0 Å². The van der Waals surface area contributed by atoms with Gasteiger partial charge in [0.15, 0.2) is 0 Å². The van der Waals surface area contributed by atoms with E-state index in [0.717, 1.165) is 11.3 Å². The number of aryl methyl sites for hydroxylation is 1. The fourth-order valence-electron chi connectivity index (χ4n) is 2.61. The molecular weight excluding hydrogens is 306 g/mol. The summed E-state index contributed by atoms with van der Waals surface area (Å²) in [5.41, 5.74) is 2.62. The standard InChI is InChI=1S/C18H19N3O3/c1-4-13-17(21-10-6-5-7-16(21)19-13)18(22)20-14-9-8-12(23-2)11-15(14)24-3/h5-11H,4H2,1-3H3,(H,20,22). The molecule has 0 atom stereocenters.